The molecule has 1 unspecified atom stereocenters. The summed E-state index contributed by atoms with van der Waals surface area (Å²) in [6.45, 7) is 6.10. The van der Waals surface area contributed by atoms with Crippen LogP contribution in [0.2, 0.25) is 0 Å². The van der Waals surface area contributed by atoms with Crippen molar-refractivity contribution >= 4 is 28.5 Å². The van der Waals surface area contributed by atoms with E-state index in [1.165, 1.54) is 17.3 Å². The molecule has 0 aromatic heterocycles. The van der Waals surface area contributed by atoms with Crippen LogP contribution in [0.15, 0.2) is 34.3 Å². The summed E-state index contributed by atoms with van der Waals surface area (Å²) in [6.07, 6.45) is 0.919. The van der Waals surface area contributed by atoms with Crippen molar-refractivity contribution in [3.05, 3.63) is 35.4 Å². The van der Waals surface area contributed by atoms with Crippen LogP contribution in [0, 0.1) is 6.92 Å². The Hall–Kier alpha value is -1.66. The molecule has 0 radical (unpaired) electrons. The summed E-state index contributed by atoms with van der Waals surface area (Å²) in [6, 6.07) is 8.31. The number of hydrogen-bond donors (Lipinski definition) is 0. The van der Waals surface area contributed by atoms with Gasteiger partial charge in [0, 0.05) is 25.1 Å². The van der Waals surface area contributed by atoms with Crippen LogP contribution < -0.4 is 0 Å². The van der Waals surface area contributed by atoms with Gasteiger partial charge in [-0.15, -0.1) is 0 Å². The number of esters is 1. The highest BCUT2D eigenvalue weighted by Crippen LogP contribution is 2.34. The van der Waals surface area contributed by atoms with Gasteiger partial charge in [-0.05, 0) is 20.9 Å². The molecule has 1 aromatic rings. The lowest BCUT2D eigenvalue weighted by Gasteiger charge is -2.15. The third-order valence-electron chi connectivity index (χ3n) is 4.21. The van der Waals surface area contributed by atoms with Crippen LogP contribution >= 0.6 is 11.8 Å². The minimum Gasteiger partial charge on any atom is -0.465 e. The number of likely N-dealkylation sites (tertiary alicyclic amines) is 1. The fourth-order valence-corrected chi connectivity index (χ4v) is 3.87. The molecular weight excluding hydrogens is 322 g/mol. The van der Waals surface area contributed by atoms with Crippen LogP contribution in [0.25, 0.3) is 0 Å². The Labute approximate surface area is 147 Å². The quantitative estimate of drug-likeness (QED) is 0.787. The summed E-state index contributed by atoms with van der Waals surface area (Å²) in [4.78, 5) is 23.8. The normalized spacial score (nSPS) is 23.5. The number of hydrogen-bond acceptors (Lipinski definition) is 6. The second-order valence-electron chi connectivity index (χ2n) is 6.31. The number of likely N-dealkylation sites (N-methyl/N-ethyl adjacent to an activating group) is 1. The van der Waals surface area contributed by atoms with Crippen molar-refractivity contribution in [1.82, 2.24) is 4.90 Å². The maximum atomic E-state index is 11.7. The average Bonchev–Trinajstić information content (AvgIpc) is 3.09. The summed E-state index contributed by atoms with van der Waals surface area (Å²) < 4.78 is 5.03. The highest BCUT2D eigenvalue weighted by atomic mass is 32.2. The Bertz CT molecular complexity index is 684. The number of carbonyl (C=O) groups excluding carboxylic acids is 1. The summed E-state index contributed by atoms with van der Waals surface area (Å²) in [5.41, 5.74) is 2.79. The van der Waals surface area contributed by atoms with Crippen LogP contribution in [-0.4, -0.2) is 59.8 Å². The van der Waals surface area contributed by atoms with Crippen LogP contribution in [-0.2, 0) is 9.53 Å². The molecule has 0 saturated carbocycles. The molecule has 1 aromatic carbocycles. The number of aliphatic imine (C=N–C) groups is 2. The maximum Gasteiger partial charge on any atom is 0.316 e. The number of thioether (sulfide) groups is 1. The van der Waals surface area contributed by atoms with Crippen molar-refractivity contribution in [2.75, 3.05) is 32.5 Å². The number of rotatable bonds is 4. The minimum atomic E-state index is -0.383. The largest absolute Gasteiger partial charge is 0.465 e. The van der Waals surface area contributed by atoms with Gasteiger partial charge in [-0.25, -0.2) is 4.99 Å². The van der Waals surface area contributed by atoms with Crippen molar-refractivity contribution < 1.29 is 9.53 Å². The lowest BCUT2D eigenvalue weighted by atomic mass is 10.1. The summed E-state index contributed by atoms with van der Waals surface area (Å²) in [5, 5.41) is 0.849. The van der Waals surface area contributed by atoms with Crippen molar-refractivity contribution in [3.8, 4) is 0 Å². The zero-order valence-corrected chi connectivity index (χ0v) is 15.2. The van der Waals surface area contributed by atoms with Gasteiger partial charge in [0.1, 0.15) is 5.04 Å². The van der Waals surface area contributed by atoms with E-state index in [2.05, 4.69) is 43.1 Å². The number of aryl methyl sites for hydroxylation is 1. The van der Waals surface area contributed by atoms with E-state index in [-0.39, 0.29) is 17.4 Å². The monoisotopic (exact) mass is 345 g/mol. The molecule has 5 nitrogen and oxygen atoms in total. The molecule has 1 atom stereocenters. The van der Waals surface area contributed by atoms with Gasteiger partial charge >= 0.3 is 5.97 Å². The first-order valence-electron chi connectivity index (χ1n) is 8.25. The predicted molar refractivity (Wildman–Crippen MR) is 99.1 cm³/mol. The molecular formula is C18H23N3O2S. The van der Waals surface area contributed by atoms with Gasteiger partial charge in [0.15, 0.2) is 5.66 Å². The fourth-order valence-electron chi connectivity index (χ4n) is 3.00. The predicted octanol–water partition coefficient (Wildman–Crippen LogP) is 2.52. The van der Waals surface area contributed by atoms with E-state index in [4.69, 9.17) is 14.7 Å². The highest BCUT2D eigenvalue weighted by Gasteiger charge is 2.41. The summed E-state index contributed by atoms with van der Waals surface area (Å²) >= 11 is 1.43. The highest BCUT2D eigenvalue weighted by molar-refractivity contribution is 8.16. The van der Waals surface area contributed by atoms with E-state index in [1.54, 1.807) is 0 Å². The zero-order valence-electron chi connectivity index (χ0n) is 14.4. The molecule has 1 spiro atoms. The topological polar surface area (TPSA) is 54.3 Å². The number of nitrogens with zero attached hydrogens (tertiary/aromatic N) is 3. The Morgan fingerprint density at radius 2 is 2.08 bits per heavy atom. The number of carbonyl (C=O) groups is 1. The third-order valence-corrected chi connectivity index (χ3v) is 5.14. The standard InChI is InChI=1S/C18H23N3O2S/c1-4-23-15(22)11-24-17-16(14-7-5-13(2)6-8-14)19-18(20-17)9-10-21(3)12-18/h5-8H,4,9-12H2,1-3H3. The lowest BCUT2D eigenvalue weighted by molar-refractivity contribution is -0.139. The first kappa shape index (κ1) is 17.2. The number of ether oxygens (including phenoxy) is 1. The van der Waals surface area contributed by atoms with E-state index < -0.39 is 0 Å². The Morgan fingerprint density at radius 1 is 1.33 bits per heavy atom. The minimum absolute atomic E-state index is 0.210. The molecule has 0 amide bonds. The first-order valence-corrected chi connectivity index (χ1v) is 9.24. The van der Waals surface area contributed by atoms with Gasteiger partial charge < -0.3 is 9.64 Å². The summed E-state index contributed by atoms with van der Waals surface area (Å²) in [7, 11) is 2.09. The van der Waals surface area contributed by atoms with Gasteiger partial charge in [-0.1, -0.05) is 41.6 Å². The molecule has 128 valence electrons. The van der Waals surface area contributed by atoms with Crippen molar-refractivity contribution in [2.24, 2.45) is 9.98 Å². The molecule has 2 aliphatic heterocycles. The maximum absolute atomic E-state index is 11.7. The fraction of sp³-hybridized carbons (Fsp3) is 0.500. The van der Waals surface area contributed by atoms with Gasteiger partial charge in [-0.3, -0.25) is 9.79 Å². The van der Waals surface area contributed by atoms with Gasteiger partial charge in [0.25, 0.3) is 0 Å². The first-order chi connectivity index (χ1) is 11.5. The van der Waals surface area contributed by atoms with Crippen molar-refractivity contribution in [1.29, 1.82) is 0 Å². The van der Waals surface area contributed by atoms with Crippen molar-refractivity contribution in [3.63, 3.8) is 0 Å². The zero-order chi connectivity index (χ0) is 17.2. The molecule has 0 aliphatic carbocycles. The average molecular weight is 345 g/mol. The second kappa shape index (κ2) is 7.07. The lowest BCUT2D eigenvalue weighted by Crippen LogP contribution is -2.26. The van der Waals surface area contributed by atoms with Gasteiger partial charge in [0.2, 0.25) is 0 Å². The Balaban J connectivity index is 1.85. The van der Waals surface area contributed by atoms with E-state index in [1.807, 2.05) is 6.92 Å². The smallest absolute Gasteiger partial charge is 0.316 e. The van der Waals surface area contributed by atoms with Crippen molar-refractivity contribution in [2.45, 2.75) is 25.9 Å². The van der Waals surface area contributed by atoms with Crippen LogP contribution in [0.4, 0.5) is 0 Å². The molecule has 0 bridgehead atoms. The molecule has 2 aliphatic rings. The third kappa shape index (κ3) is 3.70. The van der Waals surface area contributed by atoms with Crippen LogP contribution in [0.3, 0.4) is 0 Å². The summed E-state index contributed by atoms with van der Waals surface area (Å²) in [5.74, 6) is 0.0571. The second-order valence-corrected chi connectivity index (χ2v) is 7.27. The number of benzene rings is 1. The Morgan fingerprint density at radius 3 is 2.71 bits per heavy atom. The van der Waals surface area contributed by atoms with Gasteiger partial charge in [0.05, 0.1) is 18.1 Å². The molecule has 6 heteroatoms. The van der Waals surface area contributed by atoms with E-state index in [0.29, 0.717) is 6.61 Å². The van der Waals surface area contributed by atoms with E-state index in [0.717, 1.165) is 35.8 Å². The Kier molecular flexibility index (Phi) is 5.06. The molecule has 0 N–H and O–H groups in total. The SMILES string of the molecule is CCOC(=O)CSC1=NC2(CCN(C)C2)N=C1c1ccc(C)cc1. The molecule has 3 rings (SSSR count). The molecule has 1 fully saturated rings. The van der Waals surface area contributed by atoms with Crippen LogP contribution in [0.1, 0.15) is 24.5 Å². The van der Waals surface area contributed by atoms with Crippen LogP contribution in [0.5, 0.6) is 0 Å². The molecule has 24 heavy (non-hydrogen) atoms. The van der Waals surface area contributed by atoms with E-state index in [9.17, 15) is 4.79 Å². The van der Waals surface area contributed by atoms with E-state index >= 15 is 0 Å². The molecule has 2 heterocycles. The van der Waals surface area contributed by atoms with Gasteiger partial charge in [-0.2, -0.15) is 0 Å². The molecule has 1 saturated heterocycles.